The lowest BCUT2D eigenvalue weighted by molar-refractivity contribution is -0.384. The highest BCUT2D eigenvalue weighted by molar-refractivity contribution is 6.10. The van der Waals surface area contributed by atoms with Gasteiger partial charge in [0.1, 0.15) is 6.04 Å². The predicted molar refractivity (Wildman–Crippen MR) is 126 cm³/mol. The van der Waals surface area contributed by atoms with E-state index in [4.69, 9.17) is 0 Å². The number of fused-ring (bicyclic) bond motifs is 1. The van der Waals surface area contributed by atoms with Crippen LogP contribution in [-0.2, 0) is 9.59 Å². The Bertz CT molecular complexity index is 1230. The second-order valence-electron chi connectivity index (χ2n) is 9.00. The Labute approximate surface area is 202 Å². The molecule has 1 fully saturated rings. The van der Waals surface area contributed by atoms with E-state index in [0.717, 1.165) is 27.7 Å². The van der Waals surface area contributed by atoms with Crippen molar-refractivity contribution in [3.63, 3.8) is 0 Å². The van der Waals surface area contributed by atoms with Crippen molar-refractivity contribution in [2.45, 2.75) is 33.2 Å². The van der Waals surface area contributed by atoms with Crippen LogP contribution >= 0.6 is 0 Å². The van der Waals surface area contributed by atoms with E-state index < -0.39 is 46.3 Å². The molecule has 0 bridgehead atoms. The average molecular weight is 476 g/mol. The summed E-state index contributed by atoms with van der Waals surface area (Å²) in [7, 11) is 0. The Balaban J connectivity index is 1.76. The maximum absolute atomic E-state index is 13.7. The van der Waals surface area contributed by atoms with Gasteiger partial charge in [-0.3, -0.25) is 29.3 Å². The molecule has 180 valence electrons. The molecule has 35 heavy (non-hydrogen) atoms. The van der Waals surface area contributed by atoms with E-state index in [1.807, 2.05) is 26.0 Å². The number of rotatable bonds is 6. The number of hydrogen-bond acceptors (Lipinski definition) is 6. The molecular formula is C26H25N3O6. The molecule has 1 heterocycles. The van der Waals surface area contributed by atoms with Crippen LogP contribution < -0.4 is 0 Å². The Morgan fingerprint density at radius 1 is 1.03 bits per heavy atom. The van der Waals surface area contributed by atoms with Gasteiger partial charge in [-0.25, -0.2) is 5.01 Å². The van der Waals surface area contributed by atoms with Crippen LogP contribution in [0.1, 0.15) is 46.5 Å². The fraction of sp³-hybridized carbons (Fsp3) is 0.308. The topological polar surface area (TPSA) is 118 Å². The van der Waals surface area contributed by atoms with Gasteiger partial charge in [-0.15, -0.1) is 0 Å². The zero-order valence-electron chi connectivity index (χ0n) is 19.6. The molecule has 0 unspecified atom stereocenters. The third kappa shape index (κ3) is 4.25. The fourth-order valence-electron chi connectivity index (χ4n) is 4.71. The summed E-state index contributed by atoms with van der Waals surface area (Å²) in [6, 6.07) is 10.4. The Kier molecular flexibility index (Phi) is 6.34. The number of aryl methyl sites for hydroxylation is 1. The summed E-state index contributed by atoms with van der Waals surface area (Å²) < 4.78 is 0. The Morgan fingerprint density at radius 3 is 2.20 bits per heavy atom. The maximum atomic E-state index is 13.7. The highest BCUT2D eigenvalue weighted by atomic mass is 16.6. The van der Waals surface area contributed by atoms with Crippen LogP contribution in [0.15, 0.2) is 60.7 Å². The lowest BCUT2D eigenvalue weighted by Gasteiger charge is -2.34. The van der Waals surface area contributed by atoms with E-state index >= 15 is 0 Å². The van der Waals surface area contributed by atoms with Gasteiger partial charge in [-0.05, 0) is 38.3 Å². The normalized spacial score (nSPS) is 22.0. The van der Waals surface area contributed by atoms with Crippen molar-refractivity contribution in [3.05, 3.63) is 87.5 Å². The van der Waals surface area contributed by atoms with Gasteiger partial charge >= 0.3 is 0 Å². The number of nitro groups is 1. The highest BCUT2D eigenvalue weighted by Gasteiger charge is 2.54. The molecule has 2 aromatic carbocycles. The van der Waals surface area contributed by atoms with Crippen molar-refractivity contribution in [1.82, 2.24) is 10.0 Å². The maximum Gasteiger partial charge on any atom is 0.273 e. The van der Waals surface area contributed by atoms with Crippen LogP contribution in [0.3, 0.4) is 0 Å². The number of hydrazine groups is 1. The molecule has 0 saturated carbocycles. The molecule has 4 rings (SSSR count). The molecule has 1 aliphatic carbocycles. The highest BCUT2D eigenvalue weighted by Crippen LogP contribution is 2.40. The zero-order chi connectivity index (χ0) is 25.4. The summed E-state index contributed by atoms with van der Waals surface area (Å²) >= 11 is 0. The van der Waals surface area contributed by atoms with E-state index in [1.165, 1.54) is 19.1 Å². The minimum atomic E-state index is -1.18. The molecule has 2 aliphatic rings. The van der Waals surface area contributed by atoms with Crippen molar-refractivity contribution >= 4 is 29.2 Å². The molecule has 0 aromatic heterocycles. The largest absolute Gasteiger partial charge is 0.292 e. The van der Waals surface area contributed by atoms with E-state index in [-0.39, 0.29) is 17.2 Å². The van der Waals surface area contributed by atoms with Gasteiger partial charge in [0.2, 0.25) is 0 Å². The molecular weight excluding hydrogens is 450 g/mol. The Hall–Kier alpha value is -4.14. The molecule has 0 spiro atoms. The number of amides is 3. The minimum Gasteiger partial charge on any atom is -0.292 e. The van der Waals surface area contributed by atoms with Gasteiger partial charge in [0, 0.05) is 23.3 Å². The number of allylic oxidation sites excluding steroid dienone is 2. The SMILES string of the molecule is Cc1ccc(C(=O)[C@H](C)N(C(=O)c2ccc([N+](=O)[O-])cc2)N2C(=O)[C@H]3[C@@H](C)C=CC[C@H]3C2=O)cc1. The number of carbonyl (C=O) groups excluding carboxylic acids is 4. The number of nitro benzene ring substituents is 1. The standard InChI is InChI=1S/C26H25N3O6/c1-15-7-9-18(10-8-15)23(30)17(3)27(24(31)19-11-13-20(14-12-19)29(34)35)28-25(32)21-6-4-5-16(2)22(21)26(28)33/h4-5,7-14,16-17,21-22H,6H2,1-3H3/t16-,17-,21+,22-/m0/s1. The van der Waals surface area contributed by atoms with Crippen LogP contribution in [0.2, 0.25) is 0 Å². The third-order valence-corrected chi connectivity index (χ3v) is 6.68. The van der Waals surface area contributed by atoms with Gasteiger partial charge < -0.3 is 0 Å². The molecule has 9 nitrogen and oxygen atoms in total. The third-order valence-electron chi connectivity index (χ3n) is 6.68. The second kappa shape index (κ2) is 9.25. The molecule has 0 N–H and O–H groups in total. The van der Waals surface area contributed by atoms with Gasteiger partial charge in [-0.1, -0.05) is 48.9 Å². The fourth-order valence-corrected chi connectivity index (χ4v) is 4.71. The summed E-state index contributed by atoms with van der Waals surface area (Å²) in [5.74, 6) is -3.71. The Morgan fingerprint density at radius 2 is 1.63 bits per heavy atom. The summed E-state index contributed by atoms with van der Waals surface area (Å²) in [5, 5.41) is 12.8. The number of imide groups is 1. The molecule has 1 saturated heterocycles. The number of nitrogens with zero attached hydrogens (tertiary/aromatic N) is 3. The lowest BCUT2D eigenvalue weighted by Crippen LogP contribution is -2.56. The zero-order valence-corrected chi connectivity index (χ0v) is 19.6. The summed E-state index contributed by atoms with van der Waals surface area (Å²) in [6.07, 6.45) is 4.10. The van der Waals surface area contributed by atoms with Crippen molar-refractivity contribution in [3.8, 4) is 0 Å². The van der Waals surface area contributed by atoms with Gasteiger partial charge in [0.05, 0.1) is 16.8 Å². The summed E-state index contributed by atoms with van der Waals surface area (Å²) in [6.45, 7) is 5.18. The molecule has 2 aromatic rings. The minimum absolute atomic E-state index is 0.0146. The van der Waals surface area contributed by atoms with Crippen LogP contribution in [-0.4, -0.2) is 44.5 Å². The average Bonchev–Trinajstić information content (AvgIpc) is 3.10. The predicted octanol–water partition coefficient (Wildman–Crippen LogP) is 3.73. The van der Waals surface area contributed by atoms with Crippen LogP contribution in [0.5, 0.6) is 0 Å². The van der Waals surface area contributed by atoms with Gasteiger partial charge in [0.15, 0.2) is 5.78 Å². The number of ketones is 1. The van der Waals surface area contributed by atoms with Crippen LogP contribution in [0.4, 0.5) is 5.69 Å². The van der Waals surface area contributed by atoms with Gasteiger partial charge in [0.25, 0.3) is 23.4 Å². The molecule has 0 radical (unpaired) electrons. The van der Waals surface area contributed by atoms with Crippen molar-refractivity contribution in [2.24, 2.45) is 17.8 Å². The first-order valence-corrected chi connectivity index (χ1v) is 11.3. The molecule has 9 heteroatoms. The van der Waals surface area contributed by atoms with E-state index in [0.29, 0.717) is 12.0 Å². The first kappa shape index (κ1) is 24.0. The number of hydrogen-bond donors (Lipinski definition) is 0. The second-order valence-corrected chi connectivity index (χ2v) is 9.00. The van der Waals surface area contributed by atoms with E-state index in [1.54, 1.807) is 24.3 Å². The van der Waals surface area contributed by atoms with Crippen LogP contribution in [0.25, 0.3) is 0 Å². The first-order chi connectivity index (χ1) is 16.6. The monoisotopic (exact) mass is 475 g/mol. The van der Waals surface area contributed by atoms with E-state index in [2.05, 4.69) is 0 Å². The number of Topliss-reactive ketones (excluding diaryl/α,β-unsaturated/α-hetero) is 1. The van der Waals surface area contributed by atoms with E-state index in [9.17, 15) is 29.3 Å². The quantitative estimate of drug-likeness (QED) is 0.207. The molecule has 1 aliphatic heterocycles. The summed E-state index contributed by atoms with van der Waals surface area (Å²) in [4.78, 5) is 64.3. The van der Waals surface area contributed by atoms with Crippen molar-refractivity contribution < 1.29 is 24.1 Å². The number of carbonyl (C=O) groups is 4. The smallest absolute Gasteiger partial charge is 0.273 e. The molecule has 4 atom stereocenters. The van der Waals surface area contributed by atoms with Crippen molar-refractivity contribution in [1.29, 1.82) is 0 Å². The van der Waals surface area contributed by atoms with Crippen LogP contribution in [0, 0.1) is 34.8 Å². The van der Waals surface area contributed by atoms with Gasteiger partial charge in [-0.2, -0.15) is 5.01 Å². The number of non-ortho nitro benzene ring substituents is 1. The lowest BCUT2D eigenvalue weighted by atomic mass is 9.78. The summed E-state index contributed by atoms with van der Waals surface area (Å²) in [5.41, 5.74) is 1.08. The first-order valence-electron chi connectivity index (χ1n) is 11.3. The number of benzene rings is 2. The van der Waals surface area contributed by atoms with Crippen molar-refractivity contribution in [2.75, 3.05) is 0 Å². The molecule has 3 amide bonds.